The smallest absolute Gasteiger partial charge is 0.0652 e. The molecule has 0 aromatic carbocycles. The van der Waals surface area contributed by atoms with Crippen LogP contribution in [-0.4, -0.2) is 70.1 Å². The fourth-order valence-corrected chi connectivity index (χ4v) is 20.0. The Labute approximate surface area is 327 Å². The van der Waals surface area contributed by atoms with E-state index in [1.807, 2.05) is 0 Å². The normalized spacial score (nSPS) is 57.3. The summed E-state index contributed by atoms with van der Waals surface area (Å²) in [6.07, 6.45) is 42.5. The quantitative estimate of drug-likeness (QED) is 0.286. The van der Waals surface area contributed by atoms with Crippen LogP contribution in [0.4, 0.5) is 0 Å². The lowest BCUT2D eigenvalue weighted by Gasteiger charge is -2.51. The van der Waals surface area contributed by atoms with E-state index in [-0.39, 0.29) is 0 Å². The molecule has 296 valence electrons. The standard InChI is InChI=1S/C48H75NO3S/c1-4-13-40-33(8-1)35-22-20-30(26-42(35)50-40)49(31-21-23-36-34-9-2-5-14-41(34)51-43(36)27-31)29-18-16-28(17-19-29)32-11-7-12-37-38-24-25-45-46(48(38)52-47(32)37)39-10-3-6-15-44(39)53-45/h28-48H,1-27H2. The second-order valence-electron chi connectivity index (χ2n) is 21.9. The molecule has 4 aliphatic heterocycles. The van der Waals surface area contributed by atoms with E-state index in [4.69, 9.17) is 14.2 Å². The van der Waals surface area contributed by atoms with E-state index in [9.17, 15) is 0 Å². The summed E-state index contributed by atoms with van der Waals surface area (Å²) >= 11 is 2.44. The Kier molecular flexibility index (Phi) is 9.61. The summed E-state index contributed by atoms with van der Waals surface area (Å²) in [4.78, 5) is 3.25. The van der Waals surface area contributed by atoms with Gasteiger partial charge in [-0.25, -0.2) is 0 Å². The van der Waals surface area contributed by atoms with Crippen LogP contribution in [0.3, 0.4) is 0 Å². The predicted molar refractivity (Wildman–Crippen MR) is 214 cm³/mol. The van der Waals surface area contributed by atoms with Gasteiger partial charge in [0.2, 0.25) is 0 Å². The van der Waals surface area contributed by atoms with E-state index in [1.165, 1.54) is 173 Å². The molecule has 12 fully saturated rings. The van der Waals surface area contributed by atoms with E-state index < -0.39 is 0 Å². The summed E-state index contributed by atoms with van der Waals surface area (Å²) in [7, 11) is 0. The molecule has 0 radical (unpaired) electrons. The SMILES string of the molecule is C1CCC2C(C1)OC1CC(N(C3CCC(C4CCCC5C6CCC7SC8CCCCC8C7C6OC45)CC3)C3CCC4C(C3)OC3CCCCC34)CCC12. The van der Waals surface area contributed by atoms with Gasteiger partial charge in [-0.3, -0.25) is 4.90 Å². The predicted octanol–water partition coefficient (Wildman–Crippen LogP) is 11.0. The maximum Gasteiger partial charge on any atom is 0.0652 e. The Bertz CT molecular complexity index is 1260. The molecule has 0 amide bonds. The van der Waals surface area contributed by atoms with E-state index in [2.05, 4.69) is 16.7 Å². The van der Waals surface area contributed by atoms with Gasteiger partial charge in [-0.15, -0.1) is 0 Å². The molecular formula is C48H75NO3S. The zero-order chi connectivity index (χ0) is 34.6. The van der Waals surface area contributed by atoms with Crippen molar-refractivity contribution in [3.05, 3.63) is 0 Å². The number of rotatable bonds is 4. The fourth-order valence-electron chi connectivity index (χ4n) is 17.9. The third kappa shape index (κ3) is 5.99. The maximum absolute atomic E-state index is 7.57. The summed E-state index contributed by atoms with van der Waals surface area (Å²) in [5.74, 6) is 8.90. The molecule has 8 saturated carbocycles. The van der Waals surface area contributed by atoms with Gasteiger partial charge in [0.1, 0.15) is 0 Å². The molecule has 4 saturated heterocycles. The van der Waals surface area contributed by atoms with Gasteiger partial charge in [0.15, 0.2) is 0 Å². The second-order valence-corrected chi connectivity index (χ2v) is 23.4. The lowest BCUT2D eigenvalue weighted by molar-refractivity contribution is -0.0831. The first-order valence-electron chi connectivity index (χ1n) is 24.6. The minimum Gasteiger partial charge on any atom is -0.374 e. The molecule has 0 bridgehead atoms. The largest absolute Gasteiger partial charge is 0.374 e. The Balaban J connectivity index is 0.753. The van der Waals surface area contributed by atoms with Crippen LogP contribution in [0.15, 0.2) is 0 Å². The van der Waals surface area contributed by atoms with Gasteiger partial charge in [0.25, 0.3) is 0 Å². The Morgan fingerprint density at radius 2 is 0.868 bits per heavy atom. The summed E-state index contributed by atoms with van der Waals surface area (Å²) in [5.41, 5.74) is 0. The lowest BCUT2D eigenvalue weighted by Crippen LogP contribution is -2.56. The van der Waals surface area contributed by atoms with E-state index in [0.717, 1.165) is 87.8 Å². The van der Waals surface area contributed by atoms with E-state index in [1.54, 1.807) is 0 Å². The first-order chi connectivity index (χ1) is 26.2. The second kappa shape index (κ2) is 14.5. The van der Waals surface area contributed by atoms with Gasteiger partial charge >= 0.3 is 0 Å². The minimum atomic E-state index is 0.548. The molecule has 12 aliphatic rings. The average Bonchev–Trinajstić information content (AvgIpc) is 3.97. The van der Waals surface area contributed by atoms with Gasteiger partial charge in [-0.05, 0) is 182 Å². The van der Waals surface area contributed by atoms with Crippen LogP contribution >= 0.6 is 11.8 Å². The summed E-state index contributed by atoms with van der Waals surface area (Å²) in [6.45, 7) is 0. The Hall–Kier alpha value is 0.190. The van der Waals surface area contributed by atoms with Crippen molar-refractivity contribution in [3.8, 4) is 0 Å². The van der Waals surface area contributed by atoms with Crippen molar-refractivity contribution in [2.24, 2.45) is 59.2 Å². The van der Waals surface area contributed by atoms with Gasteiger partial charge in [0, 0.05) is 34.5 Å². The summed E-state index contributed by atoms with van der Waals surface area (Å²) in [5, 5.41) is 1.89. The van der Waals surface area contributed by atoms with Crippen molar-refractivity contribution in [1.82, 2.24) is 4.90 Å². The first kappa shape index (κ1) is 35.2. The minimum absolute atomic E-state index is 0.548. The molecule has 8 aliphatic carbocycles. The third-order valence-electron chi connectivity index (χ3n) is 19.9. The van der Waals surface area contributed by atoms with Crippen molar-refractivity contribution >= 4 is 11.8 Å². The van der Waals surface area contributed by atoms with Gasteiger partial charge in [-0.2, -0.15) is 11.8 Å². The zero-order valence-corrected chi connectivity index (χ0v) is 34.1. The topological polar surface area (TPSA) is 30.9 Å². The fraction of sp³-hybridized carbons (Fsp3) is 1.00. The molecule has 4 nitrogen and oxygen atoms in total. The molecular weight excluding hydrogens is 671 g/mol. The third-order valence-corrected chi connectivity index (χ3v) is 21.8. The monoisotopic (exact) mass is 746 g/mol. The van der Waals surface area contributed by atoms with E-state index in [0.29, 0.717) is 36.6 Å². The molecule has 53 heavy (non-hydrogen) atoms. The van der Waals surface area contributed by atoms with E-state index >= 15 is 0 Å². The van der Waals surface area contributed by atoms with Crippen LogP contribution in [0.2, 0.25) is 0 Å². The maximum atomic E-state index is 7.57. The van der Waals surface area contributed by atoms with Gasteiger partial charge < -0.3 is 14.2 Å². The van der Waals surface area contributed by atoms with Crippen LogP contribution in [0, 0.1) is 59.2 Å². The summed E-state index contributed by atoms with van der Waals surface area (Å²) < 4.78 is 21.6. The zero-order valence-electron chi connectivity index (χ0n) is 33.3. The number of nitrogens with zero attached hydrogens (tertiary/aromatic N) is 1. The van der Waals surface area contributed by atoms with Crippen LogP contribution in [0.25, 0.3) is 0 Å². The highest BCUT2D eigenvalue weighted by Crippen LogP contribution is 2.62. The summed E-state index contributed by atoms with van der Waals surface area (Å²) in [6, 6.07) is 2.27. The van der Waals surface area contributed by atoms with Crippen molar-refractivity contribution in [2.75, 3.05) is 0 Å². The number of hydrogen-bond acceptors (Lipinski definition) is 5. The van der Waals surface area contributed by atoms with Crippen molar-refractivity contribution in [1.29, 1.82) is 0 Å². The van der Waals surface area contributed by atoms with Gasteiger partial charge in [0.05, 0.1) is 36.6 Å². The van der Waals surface area contributed by atoms with Crippen molar-refractivity contribution in [3.63, 3.8) is 0 Å². The van der Waals surface area contributed by atoms with Crippen LogP contribution in [0.5, 0.6) is 0 Å². The number of ether oxygens (including phenoxy) is 3. The molecule has 0 N–H and O–H groups in total. The number of hydrogen-bond donors (Lipinski definition) is 0. The molecule has 19 unspecified atom stereocenters. The highest BCUT2D eigenvalue weighted by Gasteiger charge is 2.60. The molecule has 19 atom stereocenters. The molecule has 0 aromatic rings. The molecule has 4 heterocycles. The highest BCUT2D eigenvalue weighted by molar-refractivity contribution is 8.00. The molecule has 12 rings (SSSR count). The number of fused-ring (bicyclic) bond motifs is 13. The van der Waals surface area contributed by atoms with Gasteiger partial charge in [-0.1, -0.05) is 44.9 Å². The van der Waals surface area contributed by atoms with Crippen LogP contribution < -0.4 is 0 Å². The lowest BCUT2D eigenvalue weighted by atomic mass is 9.62. The van der Waals surface area contributed by atoms with Crippen molar-refractivity contribution < 1.29 is 14.2 Å². The Morgan fingerprint density at radius 1 is 0.340 bits per heavy atom. The van der Waals surface area contributed by atoms with Crippen LogP contribution in [-0.2, 0) is 14.2 Å². The average molecular weight is 746 g/mol. The molecule has 0 spiro atoms. The van der Waals surface area contributed by atoms with Crippen molar-refractivity contribution in [2.45, 2.75) is 239 Å². The van der Waals surface area contributed by atoms with Crippen LogP contribution in [0.1, 0.15) is 173 Å². The number of thioether (sulfide) groups is 1. The Morgan fingerprint density at radius 3 is 1.57 bits per heavy atom. The molecule has 0 aromatic heterocycles. The molecule has 5 heteroatoms. The highest BCUT2D eigenvalue weighted by atomic mass is 32.2. The first-order valence-corrected chi connectivity index (χ1v) is 25.6.